The number of rotatable bonds is 8. The highest BCUT2D eigenvalue weighted by molar-refractivity contribution is 7.22. The van der Waals surface area contributed by atoms with E-state index in [1.54, 1.807) is 49.8 Å². The zero-order valence-corrected chi connectivity index (χ0v) is 19.6. The molecule has 0 unspecified atom stereocenters. The molecule has 0 N–H and O–H groups in total. The summed E-state index contributed by atoms with van der Waals surface area (Å²) in [6, 6.07) is 8.97. The van der Waals surface area contributed by atoms with Crippen molar-refractivity contribution in [3.63, 3.8) is 0 Å². The fraction of sp³-hybridized carbons (Fsp3) is 0.261. The Balaban J connectivity index is 1.68. The molecule has 4 aromatic rings. The van der Waals surface area contributed by atoms with Gasteiger partial charge in [0.1, 0.15) is 0 Å². The highest BCUT2D eigenvalue weighted by Gasteiger charge is 2.23. The SMILES string of the molecule is COc1ccc(C(=O)N(CCCn2ccnc2)c2nc3c(C)c(Cl)ccc3s2)cc1OC. The highest BCUT2D eigenvalue weighted by Crippen LogP contribution is 2.35. The van der Waals surface area contributed by atoms with Crippen LogP contribution in [0.2, 0.25) is 5.02 Å². The third kappa shape index (κ3) is 4.42. The number of benzene rings is 2. The average Bonchev–Trinajstić information content (AvgIpc) is 3.48. The van der Waals surface area contributed by atoms with E-state index in [1.807, 2.05) is 29.8 Å². The second-order valence-corrected chi connectivity index (χ2v) is 8.61. The number of carbonyl (C=O) groups excluding carboxylic acids is 1. The van der Waals surface area contributed by atoms with Crippen LogP contribution in [-0.2, 0) is 6.54 Å². The van der Waals surface area contributed by atoms with E-state index in [2.05, 4.69) is 4.98 Å². The molecule has 0 aliphatic heterocycles. The lowest BCUT2D eigenvalue weighted by atomic mass is 10.1. The number of methoxy groups -OCH3 is 2. The third-order valence-electron chi connectivity index (χ3n) is 5.20. The first-order valence-electron chi connectivity index (χ1n) is 10.1. The van der Waals surface area contributed by atoms with Crippen molar-refractivity contribution in [3.8, 4) is 11.5 Å². The van der Waals surface area contributed by atoms with Crippen molar-refractivity contribution >= 4 is 44.2 Å². The standard InChI is InChI=1S/C23H23ClN4O3S/c1-15-17(24)6-8-20-21(15)26-23(32-20)28(11-4-10-27-12-9-25-14-27)22(29)16-5-7-18(30-2)19(13-16)31-3/h5-9,12-14H,4,10-11H2,1-3H3. The van der Waals surface area contributed by atoms with E-state index < -0.39 is 0 Å². The minimum Gasteiger partial charge on any atom is -0.493 e. The molecule has 166 valence electrons. The summed E-state index contributed by atoms with van der Waals surface area (Å²) in [4.78, 5) is 24.2. The van der Waals surface area contributed by atoms with E-state index in [-0.39, 0.29) is 5.91 Å². The van der Waals surface area contributed by atoms with Crippen molar-refractivity contribution in [1.82, 2.24) is 14.5 Å². The monoisotopic (exact) mass is 470 g/mol. The number of aromatic nitrogens is 3. The normalized spacial score (nSPS) is 11.0. The Morgan fingerprint density at radius 3 is 2.72 bits per heavy atom. The van der Waals surface area contributed by atoms with Gasteiger partial charge < -0.3 is 14.0 Å². The Kier molecular flexibility index (Phi) is 6.62. The van der Waals surface area contributed by atoms with Gasteiger partial charge in [-0.25, -0.2) is 9.97 Å². The van der Waals surface area contributed by atoms with Crippen LogP contribution in [0.5, 0.6) is 11.5 Å². The molecule has 0 bridgehead atoms. The molecule has 1 amide bonds. The summed E-state index contributed by atoms with van der Waals surface area (Å²) in [6.45, 7) is 3.18. The number of hydrogen-bond acceptors (Lipinski definition) is 6. The maximum atomic E-state index is 13.6. The number of ether oxygens (including phenoxy) is 2. The van der Waals surface area contributed by atoms with E-state index in [1.165, 1.54) is 11.3 Å². The first-order valence-corrected chi connectivity index (χ1v) is 11.3. The smallest absolute Gasteiger partial charge is 0.260 e. The number of fused-ring (bicyclic) bond motifs is 1. The van der Waals surface area contributed by atoms with Crippen LogP contribution in [0.15, 0.2) is 49.1 Å². The van der Waals surface area contributed by atoms with Crippen molar-refractivity contribution in [2.24, 2.45) is 0 Å². The van der Waals surface area contributed by atoms with Gasteiger partial charge in [0.05, 0.1) is 30.8 Å². The molecular formula is C23H23ClN4O3S. The maximum absolute atomic E-state index is 13.6. The molecule has 2 aromatic heterocycles. The molecule has 0 aliphatic rings. The van der Waals surface area contributed by atoms with Gasteiger partial charge >= 0.3 is 0 Å². The molecule has 2 heterocycles. The zero-order valence-electron chi connectivity index (χ0n) is 18.0. The van der Waals surface area contributed by atoms with Crippen LogP contribution < -0.4 is 14.4 Å². The van der Waals surface area contributed by atoms with Gasteiger partial charge in [-0.2, -0.15) is 0 Å². The summed E-state index contributed by atoms with van der Waals surface area (Å²) in [7, 11) is 3.12. The number of carbonyl (C=O) groups is 1. The number of imidazole rings is 1. The number of hydrogen-bond donors (Lipinski definition) is 0. The summed E-state index contributed by atoms with van der Waals surface area (Å²) in [5.74, 6) is 0.920. The molecular weight excluding hydrogens is 448 g/mol. The Bertz CT molecular complexity index is 1240. The molecule has 2 aromatic carbocycles. The molecule has 0 saturated carbocycles. The van der Waals surface area contributed by atoms with Crippen LogP contribution in [0.1, 0.15) is 22.3 Å². The topological polar surface area (TPSA) is 69.5 Å². The number of aryl methyl sites for hydroxylation is 2. The number of thiazole rings is 1. The number of nitrogens with zero attached hydrogens (tertiary/aromatic N) is 4. The molecule has 0 fully saturated rings. The molecule has 9 heteroatoms. The van der Waals surface area contributed by atoms with Crippen molar-refractivity contribution in [2.75, 3.05) is 25.7 Å². The Morgan fingerprint density at radius 1 is 1.19 bits per heavy atom. The number of halogens is 1. The fourth-order valence-electron chi connectivity index (χ4n) is 3.44. The lowest BCUT2D eigenvalue weighted by molar-refractivity contribution is 0.0986. The highest BCUT2D eigenvalue weighted by atomic mass is 35.5. The summed E-state index contributed by atoms with van der Waals surface area (Å²) >= 11 is 7.76. The minimum absolute atomic E-state index is 0.153. The van der Waals surface area contributed by atoms with E-state index in [0.717, 1.165) is 28.7 Å². The lowest BCUT2D eigenvalue weighted by Crippen LogP contribution is -2.32. The number of anilines is 1. The molecule has 0 radical (unpaired) electrons. The second-order valence-electron chi connectivity index (χ2n) is 7.20. The predicted molar refractivity (Wildman–Crippen MR) is 127 cm³/mol. The molecule has 0 aliphatic carbocycles. The second kappa shape index (κ2) is 9.58. The third-order valence-corrected chi connectivity index (χ3v) is 6.65. The Labute approximate surface area is 195 Å². The van der Waals surface area contributed by atoms with Gasteiger partial charge in [0.2, 0.25) is 0 Å². The molecule has 0 spiro atoms. The largest absolute Gasteiger partial charge is 0.493 e. The first kappa shape index (κ1) is 22.1. The van der Waals surface area contributed by atoms with Gasteiger partial charge in [-0.3, -0.25) is 9.69 Å². The van der Waals surface area contributed by atoms with Crippen LogP contribution >= 0.6 is 22.9 Å². The van der Waals surface area contributed by atoms with E-state index in [0.29, 0.717) is 33.8 Å². The van der Waals surface area contributed by atoms with Crippen molar-refractivity contribution in [2.45, 2.75) is 19.9 Å². The van der Waals surface area contributed by atoms with Gasteiger partial charge in [-0.15, -0.1) is 0 Å². The van der Waals surface area contributed by atoms with Crippen LogP contribution in [0, 0.1) is 6.92 Å². The Morgan fingerprint density at radius 2 is 2.00 bits per heavy atom. The minimum atomic E-state index is -0.153. The fourth-order valence-corrected chi connectivity index (χ4v) is 4.65. The number of amides is 1. The van der Waals surface area contributed by atoms with Gasteiger partial charge in [-0.05, 0) is 49.2 Å². The van der Waals surface area contributed by atoms with Crippen molar-refractivity contribution in [1.29, 1.82) is 0 Å². The van der Waals surface area contributed by atoms with Crippen LogP contribution in [0.3, 0.4) is 0 Å². The van der Waals surface area contributed by atoms with E-state index in [9.17, 15) is 4.79 Å². The average molecular weight is 471 g/mol. The van der Waals surface area contributed by atoms with E-state index in [4.69, 9.17) is 26.1 Å². The zero-order chi connectivity index (χ0) is 22.7. The van der Waals surface area contributed by atoms with Crippen LogP contribution in [-0.4, -0.2) is 41.2 Å². The van der Waals surface area contributed by atoms with E-state index >= 15 is 0 Å². The van der Waals surface area contributed by atoms with Crippen molar-refractivity contribution in [3.05, 3.63) is 65.2 Å². The van der Waals surface area contributed by atoms with Gasteiger partial charge in [0, 0.05) is 36.1 Å². The molecule has 7 nitrogen and oxygen atoms in total. The molecule has 32 heavy (non-hydrogen) atoms. The quantitative estimate of drug-likeness (QED) is 0.353. The van der Waals surface area contributed by atoms with Gasteiger partial charge in [0.25, 0.3) is 5.91 Å². The van der Waals surface area contributed by atoms with Crippen LogP contribution in [0.25, 0.3) is 10.2 Å². The molecule has 4 rings (SSSR count). The summed E-state index contributed by atoms with van der Waals surface area (Å²) in [5, 5.41) is 1.29. The maximum Gasteiger partial charge on any atom is 0.260 e. The lowest BCUT2D eigenvalue weighted by Gasteiger charge is -2.20. The molecule has 0 atom stereocenters. The van der Waals surface area contributed by atoms with Crippen molar-refractivity contribution < 1.29 is 14.3 Å². The Hall–Kier alpha value is -3.10. The van der Waals surface area contributed by atoms with Gasteiger partial charge in [-0.1, -0.05) is 22.9 Å². The summed E-state index contributed by atoms with van der Waals surface area (Å²) in [6.07, 6.45) is 6.16. The first-order chi connectivity index (χ1) is 15.5. The van der Waals surface area contributed by atoms with Crippen LogP contribution in [0.4, 0.5) is 5.13 Å². The summed E-state index contributed by atoms with van der Waals surface area (Å²) in [5.41, 5.74) is 2.22. The predicted octanol–water partition coefficient (Wildman–Crippen LogP) is 5.21. The summed E-state index contributed by atoms with van der Waals surface area (Å²) < 4.78 is 13.7. The van der Waals surface area contributed by atoms with Gasteiger partial charge in [0.15, 0.2) is 16.6 Å². The molecule has 0 saturated heterocycles.